The average Bonchev–Trinajstić information content (AvgIpc) is 2.69. The summed E-state index contributed by atoms with van der Waals surface area (Å²) in [6.07, 6.45) is 4.81. The molecule has 0 unspecified atom stereocenters. The fourth-order valence-corrected chi connectivity index (χ4v) is 4.17. The van der Waals surface area contributed by atoms with Gasteiger partial charge in [-0.25, -0.2) is 4.79 Å². The predicted octanol–water partition coefficient (Wildman–Crippen LogP) is 2.86. The largest absolute Gasteiger partial charge is 0.450 e. The molecule has 1 aromatic carbocycles. The smallest absolute Gasteiger partial charge is 0.409 e. The minimum atomic E-state index is -0.154. The minimum absolute atomic E-state index is 0.154. The average molecular weight is 360 g/mol. The maximum atomic E-state index is 11.8. The summed E-state index contributed by atoms with van der Waals surface area (Å²) >= 11 is 0. The molecule has 1 aromatic rings. The quantitative estimate of drug-likeness (QED) is 0.782. The molecule has 2 fully saturated rings. The van der Waals surface area contributed by atoms with Crippen molar-refractivity contribution in [3.05, 3.63) is 35.9 Å². The second kappa shape index (κ2) is 9.93. The molecule has 2 aliphatic heterocycles. The van der Waals surface area contributed by atoms with Crippen LogP contribution in [0, 0.1) is 0 Å². The van der Waals surface area contributed by atoms with Gasteiger partial charge in [0, 0.05) is 38.8 Å². The summed E-state index contributed by atoms with van der Waals surface area (Å²) in [5.41, 5.74) is 1.44. The van der Waals surface area contributed by atoms with Crippen LogP contribution in [0.4, 0.5) is 4.79 Å². The van der Waals surface area contributed by atoms with Crippen molar-refractivity contribution in [3.8, 4) is 0 Å². The number of carbonyl (C=O) groups excluding carboxylic acids is 1. The lowest BCUT2D eigenvalue weighted by atomic mass is 10.0. The minimum Gasteiger partial charge on any atom is -0.450 e. The van der Waals surface area contributed by atoms with E-state index in [0.29, 0.717) is 12.6 Å². The number of likely N-dealkylation sites (tertiary alicyclic amines) is 1. The number of piperidine rings is 1. The van der Waals surface area contributed by atoms with E-state index in [4.69, 9.17) is 4.74 Å². The van der Waals surface area contributed by atoms with Crippen molar-refractivity contribution in [2.45, 2.75) is 38.6 Å². The molecule has 0 aromatic heterocycles. The Labute approximate surface area is 157 Å². The third kappa shape index (κ3) is 5.45. The number of carbonyl (C=O) groups is 1. The monoisotopic (exact) mass is 359 g/mol. The lowest BCUT2D eigenvalue weighted by Crippen LogP contribution is -2.56. The number of ether oxygens (including phenoxy) is 1. The molecule has 1 atom stereocenters. The van der Waals surface area contributed by atoms with Crippen molar-refractivity contribution in [2.24, 2.45) is 0 Å². The van der Waals surface area contributed by atoms with Crippen LogP contribution in [-0.4, -0.2) is 79.3 Å². The molecule has 5 heteroatoms. The fraction of sp³-hybridized carbons (Fsp3) is 0.667. The molecule has 3 rings (SSSR count). The summed E-state index contributed by atoms with van der Waals surface area (Å²) in [5.74, 6) is 0. The summed E-state index contributed by atoms with van der Waals surface area (Å²) in [6, 6.07) is 11.4. The Hall–Kier alpha value is -1.59. The highest BCUT2D eigenvalue weighted by molar-refractivity contribution is 5.67. The Morgan fingerprint density at radius 1 is 1.12 bits per heavy atom. The van der Waals surface area contributed by atoms with E-state index in [1.54, 1.807) is 0 Å². The van der Waals surface area contributed by atoms with Gasteiger partial charge >= 0.3 is 6.09 Å². The van der Waals surface area contributed by atoms with Crippen molar-refractivity contribution in [2.75, 3.05) is 52.4 Å². The SMILES string of the molecule is CCOC(=O)N1CCN([C@@H]2CCCN(CCCc3ccccc3)C2)CC1. The van der Waals surface area contributed by atoms with Crippen LogP contribution >= 0.6 is 0 Å². The van der Waals surface area contributed by atoms with Gasteiger partial charge in [0.05, 0.1) is 6.61 Å². The molecular formula is C21H33N3O2. The molecular weight excluding hydrogens is 326 g/mol. The van der Waals surface area contributed by atoms with E-state index in [0.717, 1.165) is 26.2 Å². The van der Waals surface area contributed by atoms with Crippen molar-refractivity contribution < 1.29 is 9.53 Å². The van der Waals surface area contributed by atoms with Gasteiger partial charge in [0.15, 0.2) is 0 Å². The van der Waals surface area contributed by atoms with E-state index in [2.05, 4.69) is 40.1 Å². The highest BCUT2D eigenvalue weighted by atomic mass is 16.6. The van der Waals surface area contributed by atoms with E-state index in [1.165, 1.54) is 50.9 Å². The van der Waals surface area contributed by atoms with E-state index < -0.39 is 0 Å². The Balaban J connectivity index is 1.39. The lowest BCUT2D eigenvalue weighted by Gasteiger charge is -2.43. The van der Waals surface area contributed by atoms with Crippen LogP contribution in [0.15, 0.2) is 30.3 Å². The van der Waals surface area contributed by atoms with Crippen molar-refractivity contribution >= 4 is 6.09 Å². The number of hydrogen-bond donors (Lipinski definition) is 0. The lowest BCUT2D eigenvalue weighted by molar-refractivity contribution is 0.0426. The van der Waals surface area contributed by atoms with Gasteiger partial charge in [-0.1, -0.05) is 30.3 Å². The third-order valence-corrected chi connectivity index (χ3v) is 5.62. The van der Waals surface area contributed by atoms with Crippen LogP contribution in [0.3, 0.4) is 0 Å². The highest BCUT2D eigenvalue weighted by Gasteiger charge is 2.29. The first-order valence-electron chi connectivity index (χ1n) is 10.2. The van der Waals surface area contributed by atoms with Gasteiger partial charge in [-0.05, 0) is 51.3 Å². The number of piperazine rings is 1. The van der Waals surface area contributed by atoms with Crippen molar-refractivity contribution in [1.29, 1.82) is 0 Å². The molecule has 0 bridgehead atoms. The van der Waals surface area contributed by atoms with E-state index >= 15 is 0 Å². The van der Waals surface area contributed by atoms with E-state index in [-0.39, 0.29) is 6.09 Å². The summed E-state index contributed by atoms with van der Waals surface area (Å²) in [6.45, 7) is 9.45. The van der Waals surface area contributed by atoms with Crippen LogP contribution in [-0.2, 0) is 11.2 Å². The number of nitrogens with zero attached hydrogens (tertiary/aromatic N) is 3. The van der Waals surface area contributed by atoms with Gasteiger partial charge < -0.3 is 14.5 Å². The van der Waals surface area contributed by atoms with Crippen molar-refractivity contribution in [3.63, 3.8) is 0 Å². The van der Waals surface area contributed by atoms with Gasteiger partial charge in [-0.15, -0.1) is 0 Å². The number of amides is 1. The number of benzene rings is 1. The zero-order chi connectivity index (χ0) is 18.2. The molecule has 2 saturated heterocycles. The first-order valence-corrected chi connectivity index (χ1v) is 10.2. The Bertz CT molecular complexity index is 543. The van der Waals surface area contributed by atoms with Crippen LogP contribution in [0.2, 0.25) is 0 Å². The van der Waals surface area contributed by atoms with Crippen LogP contribution in [0.5, 0.6) is 0 Å². The second-order valence-electron chi connectivity index (χ2n) is 7.41. The topological polar surface area (TPSA) is 36.0 Å². The van der Waals surface area contributed by atoms with Gasteiger partial charge in [0.25, 0.3) is 0 Å². The standard InChI is InChI=1S/C21H33N3O2/c1-2-26-21(25)24-16-14-23(15-17-24)20-11-7-13-22(18-20)12-6-10-19-8-4-3-5-9-19/h3-5,8-9,20H,2,6-7,10-18H2,1H3/t20-/m1/s1. The molecule has 26 heavy (non-hydrogen) atoms. The third-order valence-electron chi connectivity index (χ3n) is 5.62. The maximum Gasteiger partial charge on any atom is 0.409 e. The molecule has 0 aliphatic carbocycles. The normalized spacial score (nSPS) is 22.3. The zero-order valence-corrected chi connectivity index (χ0v) is 16.1. The van der Waals surface area contributed by atoms with Crippen LogP contribution in [0.25, 0.3) is 0 Å². The molecule has 2 heterocycles. The molecule has 0 saturated carbocycles. The van der Waals surface area contributed by atoms with Gasteiger partial charge in [-0.2, -0.15) is 0 Å². The number of rotatable bonds is 6. The second-order valence-corrected chi connectivity index (χ2v) is 7.41. The maximum absolute atomic E-state index is 11.8. The van der Waals surface area contributed by atoms with Crippen LogP contribution in [0.1, 0.15) is 31.7 Å². The molecule has 0 spiro atoms. The molecule has 0 radical (unpaired) electrons. The van der Waals surface area contributed by atoms with Gasteiger partial charge in [0.1, 0.15) is 0 Å². The van der Waals surface area contributed by atoms with Crippen LogP contribution < -0.4 is 0 Å². The van der Waals surface area contributed by atoms with Crippen molar-refractivity contribution in [1.82, 2.24) is 14.7 Å². The molecule has 0 N–H and O–H groups in total. The zero-order valence-electron chi connectivity index (χ0n) is 16.1. The van der Waals surface area contributed by atoms with Gasteiger partial charge in [0.2, 0.25) is 0 Å². The summed E-state index contributed by atoms with van der Waals surface area (Å²) in [7, 11) is 0. The Kier molecular flexibility index (Phi) is 7.32. The summed E-state index contributed by atoms with van der Waals surface area (Å²) < 4.78 is 5.12. The molecule has 2 aliphatic rings. The van der Waals surface area contributed by atoms with Gasteiger partial charge in [-0.3, -0.25) is 4.90 Å². The fourth-order valence-electron chi connectivity index (χ4n) is 4.17. The Morgan fingerprint density at radius 3 is 2.62 bits per heavy atom. The first kappa shape index (κ1) is 19.2. The molecule has 144 valence electrons. The number of aryl methyl sites for hydroxylation is 1. The van der Waals surface area contributed by atoms with E-state index in [9.17, 15) is 4.79 Å². The molecule has 1 amide bonds. The van der Waals surface area contributed by atoms with E-state index in [1.807, 2.05) is 11.8 Å². The summed E-state index contributed by atoms with van der Waals surface area (Å²) in [4.78, 5) is 18.9. The summed E-state index contributed by atoms with van der Waals surface area (Å²) in [5, 5.41) is 0. The number of hydrogen-bond acceptors (Lipinski definition) is 4. The Morgan fingerprint density at radius 2 is 1.88 bits per heavy atom. The first-order chi connectivity index (χ1) is 12.8. The highest BCUT2D eigenvalue weighted by Crippen LogP contribution is 2.18. The molecule has 5 nitrogen and oxygen atoms in total. The predicted molar refractivity (Wildman–Crippen MR) is 104 cm³/mol.